The van der Waals surface area contributed by atoms with Crippen LogP contribution in [0.2, 0.25) is 0 Å². The predicted molar refractivity (Wildman–Crippen MR) is 147 cm³/mol. The summed E-state index contributed by atoms with van der Waals surface area (Å²) in [4.78, 5) is 14.2. The summed E-state index contributed by atoms with van der Waals surface area (Å²) in [6, 6.07) is 0. The normalized spacial score (nSPS) is 11.4. The van der Waals surface area contributed by atoms with E-state index < -0.39 is 0 Å². The largest absolute Gasteiger partial charge is 0.464 e. The van der Waals surface area contributed by atoms with Crippen LogP contribution < -0.4 is 0 Å². The molecule has 0 aliphatic carbocycles. The molecule has 0 saturated heterocycles. The van der Waals surface area contributed by atoms with E-state index in [-0.39, 0.29) is 12.6 Å². The zero-order valence-electron chi connectivity index (χ0n) is 23.3. The minimum absolute atomic E-state index is 0.0581. The number of nitrogens with zero attached hydrogens (tertiary/aromatic N) is 1. The van der Waals surface area contributed by atoms with Gasteiger partial charge in [-0.3, -0.25) is 9.69 Å². The molecule has 0 aromatic rings. The maximum absolute atomic E-state index is 12.0. The molecule has 0 fully saturated rings. The van der Waals surface area contributed by atoms with Crippen LogP contribution in [0, 0.1) is 0 Å². The molecule has 0 spiro atoms. The molecule has 4 nitrogen and oxygen atoms in total. The molecule has 34 heavy (non-hydrogen) atoms. The third-order valence-corrected chi connectivity index (χ3v) is 6.90. The van der Waals surface area contributed by atoms with Crippen molar-refractivity contribution < 1.29 is 14.6 Å². The van der Waals surface area contributed by atoms with Gasteiger partial charge in [0.05, 0.1) is 6.61 Å². The van der Waals surface area contributed by atoms with E-state index in [2.05, 4.69) is 18.7 Å². The van der Waals surface area contributed by atoms with Gasteiger partial charge in [0.1, 0.15) is 6.61 Å². The summed E-state index contributed by atoms with van der Waals surface area (Å²) < 4.78 is 5.44. The second-order valence-electron chi connectivity index (χ2n) is 10.3. The predicted octanol–water partition coefficient (Wildman–Crippen LogP) is 8.45. The van der Waals surface area contributed by atoms with Crippen molar-refractivity contribution in [1.29, 1.82) is 0 Å². The van der Waals surface area contributed by atoms with Gasteiger partial charge in [-0.1, -0.05) is 136 Å². The lowest BCUT2D eigenvalue weighted by Gasteiger charge is -2.21. The Kier molecular flexibility index (Phi) is 28.1. The minimum atomic E-state index is -0.0581. The second-order valence-corrected chi connectivity index (χ2v) is 10.3. The Balaban J connectivity index is 3.53. The van der Waals surface area contributed by atoms with Crippen molar-refractivity contribution in [2.45, 2.75) is 155 Å². The molecule has 0 heterocycles. The summed E-state index contributed by atoms with van der Waals surface area (Å²) >= 11 is 0. The number of carbonyl (C=O) groups is 1. The Morgan fingerprint density at radius 2 is 0.971 bits per heavy atom. The Morgan fingerprint density at radius 1 is 0.559 bits per heavy atom. The number of unbranched alkanes of at least 4 members (excludes halogenated alkanes) is 19. The third kappa shape index (κ3) is 26.0. The van der Waals surface area contributed by atoms with Crippen molar-refractivity contribution in [1.82, 2.24) is 4.90 Å². The van der Waals surface area contributed by atoms with Gasteiger partial charge in [0.2, 0.25) is 0 Å². The number of aliphatic hydroxyl groups excluding tert-OH is 1. The molecule has 0 aliphatic rings. The summed E-state index contributed by atoms with van der Waals surface area (Å²) in [6.07, 6.45) is 28.2. The van der Waals surface area contributed by atoms with Gasteiger partial charge in [0.25, 0.3) is 0 Å². The van der Waals surface area contributed by atoms with E-state index in [1.807, 2.05) is 0 Å². The summed E-state index contributed by atoms with van der Waals surface area (Å²) in [6.45, 7) is 7.56. The van der Waals surface area contributed by atoms with Crippen LogP contribution in [0.3, 0.4) is 0 Å². The topological polar surface area (TPSA) is 49.8 Å². The van der Waals surface area contributed by atoms with Crippen molar-refractivity contribution in [3.63, 3.8) is 0 Å². The highest BCUT2D eigenvalue weighted by Crippen LogP contribution is 2.13. The smallest absolute Gasteiger partial charge is 0.305 e. The van der Waals surface area contributed by atoms with Gasteiger partial charge in [-0.25, -0.2) is 0 Å². The molecule has 1 N–H and O–H groups in total. The fourth-order valence-electron chi connectivity index (χ4n) is 4.59. The van der Waals surface area contributed by atoms with E-state index in [1.54, 1.807) is 0 Å². The molecule has 0 amide bonds. The van der Waals surface area contributed by atoms with Crippen LogP contribution in [0.5, 0.6) is 0 Å². The van der Waals surface area contributed by atoms with Crippen molar-refractivity contribution in [3.05, 3.63) is 0 Å². The molecule has 0 unspecified atom stereocenters. The summed E-state index contributed by atoms with van der Waals surface area (Å²) in [5.41, 5.74) is 0. The van der Waals surface area contributed by atoms with Crippen LogP contribution in [0.15, 0.2) is 0 Å². The lowest BCUT2D eigenvalue weighted by atomic mass is 10.1. The van der Waals surface area contributed by atoms with E-state index in [0.29, 0.717) is 19.6 Å². The van der Waals surface area contributed by atoms with Crippen LogP contribution in [-0.4, -0.2) is 48.8 Å². The van der Waals surface area contributed by atoms with Gasteiger partial charge in [-0.15, -0.1) is 0 Å². The van der Waals surface area contributed by atoms with Gasteiger partial charge >= 0.3 is 5.97 Å². The summed E-state index contributed by atoms with van der Waals surface area (Å²) in [5, 5.41) is 9.33. The van der Waals surface area contributed by atoms with Crippen LogP contribution in [0.4, 0.5) is 0 Å². The van der Waals surface area contributed by atoms with E-state index in [4.69, 9.17) is 4.74 Å². The summed E-state index contributed by atoms with van der Waals surface area (Å²) in [7, 11) is 0. The first-order valence-electron chi connectivity index (χ1n) is 15.2. The molecule has 0 radical (unpaired) electrons. The number of esters is 1. The quantitative estimate of drug-likeness (QED) is 0.0895. The molecule has 0 aromatic heterocycles. The molecular weight excluding hydrogens is 422 g/mol. The van der Waals surface area contributed by atoms with Crippen molar-refractivity contribution >= 4 is 5.97 Å². The van der Waals surface area contributed by atoms with Crippen LogP contribution in [0.25, 0.3) is 0 Å². The minimum Gasteiger partial charge on any atom is -0.464 e. The summed E-state index contributed by atoms with van der Waals surface area (Å²) in [5.74, 6) is -0.0581. The monoisotopic (exact) mass is 483 g/mol. The Labute approximate surface area is 213 Å². The van der Waals surface area contributed by atoms with Gasteiger partial charge in [0, 0.05) is 19.5 Å². The molecule has 204 valence electrons. The molecule has 0 rings (SSSR count). The molecule has 0 aromatic carbocycles. The van der Waals surface area contributed by atoms with Gasteiger partial charge < -0.3 is 9.84 Å². The van der Waals surface area contributed by atoms with E-state index in [9.17, 15) is 9.90 Å². The molecular formula is C30H61NO3. The molecule has 0 bridgehead atoms. The molecule has 0 aliphatic heterocycles. The van der Waals surface area contributed by atoms with Crippen LogP contribution >= 0.6 is 0 Å². The van der Waals surface area contributed by atoms with E-state index in [1.165, 1.54) is 122 Å². The average molecular weight is 484 g/mol. The maximum atomic E-state index is 12.0. The SMILES string of the molecule is CCCCCCCCCCCCCCN(CCO)CCOC(=O)CCCCCCCCCCC. The molecule has 0 atom stereocenters. The van der Waals surface area contributed by atoms with Crippen molar-refractivity contribution in [2.24, 2.45) is 0 Å². The zero-order chi connectivity index (χ0) is 25.0. The maximum Gasteiger partial charge on any atom is 0.305 e. The molecule has 4 heteroatoms. The second kappa shape index (κ2) is 28.6. The Bertz CT molecular complexity index is 403. The first-order chi connectivity index (χ1) is 16.7. The first kappa shape index (κ1) is 33.4. The number of hydrogen-bond donors (Lipinski definition) is 1. The van der Waals surface area contributed by atoms with E-state index >= 15 is 0 Å². The standard InChI is InChI=1S/C30H61NO3/c1-3-5-7-9-11-13-14-15-17-19-21-23-25-31(26-28-32)27-29-34-30(33)24-22-20-18-16-12-10-8-6-4-2/h32H,3-29H2,1-2H3. The number of aliphatic hydroxyl groups is 1. The van der Waals surface area contributed by atoms with Crippen molar-refractivity contribution in [3.8, 4) is 0 Å². The highest BCUT2D eigenvalue weighted by Gasteiger charge is 2.07. The zero-order valence-corrected chi connectivity index (χ0v) is 23.3. The van der Waals surface area contributed by atoms with Gasteiger partial charge in [-0.05, 0) is 19.4 Å². The third-order valence-electron chi connectivity index (χ3n) is 6.90. The lowest BCUT2D eigenvalue weighted by molar-refractivity contribution is -0.144. The number of rotatable bonds is 28. The Morgan fingerprint density at radius 3 is 1.41 bits per heavy atom. The van der Waals surface area contributed by atoms with Gasteiger partial charge in [-0.2, -0.15) is 0 Å². The Hall–Kier alpha value is -0.610. The number of hydrogen-bond acceptors (Lipinski definition) is 4. The van der Waals surface area contributed by atoms with Crippen LogP contribution in [0.1, 0.15) is 155 Å². The van der Waals surface area contributed by atoms with E-state index in [0.717, 1.165) is 25.9 Å². The number of ether oxygens (including phenoxy) is 1. The molecule has 0 saturated carbocycles. The highest BCUT2D eigenvalue weighted by atomic mass is 16.5. The lowest BCUT2D eigenvalue weighted by Crippen LogP contribution is -2.32. The fraction of sp³-hybridized carbons (Fsp3) is 0.967. The number of carbonyl (C=O) groups excluding carboxylic acids is 1. The average Bonchev–Trinajstić information content (AvgIpc) is 2.83. The van der Waals surface area contributed by atoms with Gasteiger partial charge in [0.15, 0.2) is 0 Å². The van der Waals surface area contributed by atoms with Crippen LogP contribution in [-0.2, 0) is 9.53 Å². The fourth-order valence-corrected chi connectivity index (χ4v) is 4.59. The van der Waals surface area contributed by atoms with Crippen molar-refractivity contribution in [2.75, 3.05) is 32.8 Å². The first-order valence-corrected chi connectivity index (χ1v) is 15.2. The highest BCUT2D eigenvalue weighted by molar-refractivity contribution is 5.69.